The number of nitrogens with one attached hydrogen (secondary N) is 1. The van der Waals surface area contributed by atoms with Crippen LogP contribution in [-0.2, 0) is 4.79 Å². The third-order valence-corrected chi connectivity index (χ3v) is 5.63. The highest BCUT2D eigenvalue weighted by atomic mass is 32.1. The molecule has 0 fully saturated rings. The van der Waals surface area contributed by atoms with Crippen LogP contribution >= 0.6 is 11.3 Å². The average molecular weight is 394 g/mol. The number of carbonyl (C=O) groups excluding carboxylic acids is 1. The van der Waals surface area contributed by atoms with Crippen LogP contribution in [0.5, 0.6) is 5.75 Å². The molecule has 28 heavy (non-hydrogen) atoms. The highest BCUT2D eigenvalue weighted by molar-refractivity contribution is 7.25. The molecule has 1 atom stereocenters. The number of pyridine rings is 1. The average Bonchev–Trinajstić information content (AvgIpc) is 3.10. The summed E-state index contributed by atoms with van der Waals surface area (Å²) in [6.45, 7) is 1.86. The van der Waals surface area contributed by atoms with E-state index in [-0.39, 0.29) is 11.5 Å². The van der Waals surface area contributed by atoms with Crippen molar-refractivity contribution in [2.45, 2.75) is 19.4 Å². The molecule has 4 aromatic rings. The van der Waals surface area contributed by atoms with Gasteiger partial charge >= 0.3 is 0 Å². The van der Waals surface area contributed by atoms with Crippen LogP contribution in [0.3, 0.4) is 0 Å². The molecular weight excluding hydrogens is 376 g/mol. The first-order chi connectivity index (χ1) is 13.6. The number of hydrogen-bond donors (Lipinski definition) is 1. The molecule has 3 aromatic heterocycles. The minimum atomic E-state index is -0.672. The summed E-state index contributed by atoms with van der Waals surface area (Å²) in [7, 11) is 1.57. The number of amides is 1. The van der Waals surface area contributed by atoms with Crippen LogP contribution in [0.15, 0.2) is 53.7 Å². The van der Waals surface area contributed by atoms with Gasteiger partial charge in [0.05, 0.1) is 19.0 Å². The fraction of sp³-hybridized carbons (Fsp3) is 0.200. The van der Waals surface area contributed by atoms with E-state index in [0.29, 0.717) is 28.1 Å². The fourth-order valence-electron chi connectivity index (χ4n) is 3.14. The minimum absolute atomic E-state index is 0.236. The summed E-state index contributed by atoms with van der Waals surface area (Å²) in [6.07, 6.45) is 3.59. The third-order valence-electron chi connectivity index (χ3n) is 4.54. The summed E-state index contributed by atoms with van der Waals surface area (Å²) in [4.78, 5) is 35.4. The molecule has 142 valence electrons. The lowest BCUT2D eigenvalue weighted by Crippen LogP contribution is -2.33. The second-order valence-corrected chi connectivity index (χ2v) is 7.24. The van der Waals surface area contributed by atoms with Gasteiger partial charge in [-0.3, -0.25) is 14.2 Å². The Labute approximate surface area is 164 Å². The van der Waals surface area contributed by atoms with Crippen molar-refractivity contribution >= 4 is 43.4 Å². The number of fused-ring (bicyclic) bond motifs is 3. The van der Waals surface area contributed by atoms with E-state index in [2.05, 4.69) is 15.3 Å². The fourth-order valence-corrected chi connectivity index (χ4v) is 4.17. The number of anilines is 1. The van der Waals surface area contributed by atoms with Gasteiger partial charge in [0.25, 0.3) is 5.56 Å². The van der Waals surface area contributed by atoms with Crippen LogP contribution in [0.2, 0.25) is 0 Å². The molecule has 1 unspecified atom stereocenters. The molecule has 3 heterocycles. The van der Waals surface area contributed by atoms with Gasteiger partial charge in [0.2, 0.25) is 5.91 Å². The molecule has 8 heteroatoms. The summed E-state index contributed by atoms with van der Waals surface area (Å²) in [5.74, 6) is 0.363. The molecule has 7 nitrogen and oxygen atoms in total. The smallest absolute Gasteiger partial charge is 0.272 e. The van der Waals surface area contributed by atoms with Crippen LogP contribution in [0.4, 0.5) is 5.69 Å². The topological polar surface area (TPSA) is 86.1 Å². The van der Waals surface area contributed by atoms with Crippen molar-refractivity contribution in [2.75, 3.05) is 12.4 Å². The molecule has 0 spiro atoms. The van der Waals surface area contributed by atoms with E-state index < -0.39 is 6.04 Å². The van der Waals surface area contributed by atoms with E-state index in [1.165, 1.54) is 22.2 Å². The van der Waals surface area contributed by atoms with Crippen molar-refractivity contribution in [2.24, 2.45) is 0 Å². The second kappa shape index (κ2) is 7.40. The van der Waals surface area contributed by atoms with Gasteiger partial charge in [-0.05, 0) is 30.7 Å². The molecule has 1 amide bonds. The van der Waals surface area contributed by atoms with Crippen molar-refractivity contribution < 1.29 is 9.53 Å². The summed E-state index contributed by atoms with van der Waals surface area (Å²) >= 11 is 1.30. The number of benzene rings is 1. The first-order valence-corrected chi connectivity index (χ1v) is 9.63. The SMILES string of the molecule is CCC(C(=O)Nc1cccc(OC)c1)n1cnc2c(sc3ncccc32)c1=O. The van der Waals surface area contributed by atoms with Crippen LogP contribution in [0.25, 0.3) is 20.4 Å². The Balaban J connectivity index is 1.72. The Morgan fingerprint density at radius 2 is 2.14 bits per heavy atom. The van der Waals surface area contributed by atoms with Gasteiger partial charge in [-0.1, -0.05) is 13.0 Å². The molecule has 0 bridgehead atoms. The minimum Gasteiger partial charge on any atom is -0.497 e. The summed E-state index contributed by atoms with van der Waals surface area (Å²) in [6, 6.07) is 10.1. The van der Waals surface area contributed by atoms with E-state index in [4.69, 9.17) is 4.74 Å². The lowest BCUT2D eigenvalue weighted by Gasteiger charge is -2.17. The first-order valence-electron chi connectivity index (χ1n) is 8.81. The number of thiophene rings is 1. The number of carbonyl (C=O) groups is 1. The zero-order chi connectivity index (χ0) is 19.7. The lowest BCUT2D eigenvalue weighted by atomic mass is 10.2. The van der Waals surface area contributed by atoms with Gasteiger partial charge in [-0.15, -0.1) is 11.3 Å². The summed E-state index contributed by atoms with van der Waals surface area (Å²) in [5.41, 5.74) is 0.994. The normalized spacial score (nSPS) is 12.2. The number of methoxy groups -OCH3 is 1. The molecular formula is C20H18N4O3S. The number of nitrogens with zero attached hydrogens (tertiary/aromatic N) is 3. The number of hydrogen-bond acceptors (Lipinski definition) is 6. The van der Waals surface area contributed by atoms with Crippen LogP contribution < -0.4 is 15.6 Å². The Morgan fingerprint density at radius 3 is 2.93 bits per heavy atom. The van der Waals surface area contributed by atoms with Crippen LogP contribution in [-0.4, -0.2) is 27.6 Å². The Bertz CT molecular complexity index is 1230. The standard InChI is InChI=1S/C20H18N4O3S/c1-3-15(18(25)23-12-6-4-7-13(10-12)27-2)24-11-22-16-14-8-5-9-21-19(14)28-17(16)20(24)26/h4-11,15H,3H2,1-2H3,(H,23,25). The molecule has 0 saturated carbocycles. The monoisotopic (exact) mass is 394 g/mol. The van der Waals surface area contributed by atoms with Crippen molar-refractivity contribution in [1.82, 2.24) is 14.5 Å². The molecule has 0 radical (unpaired) electrons. The zero-order valence-corrected chi connectivity index (χ0v) is 16.2. The van der Waals surface area contributed by atoms with Gasteiger partial charge in [-0.25, -0.2) is 9.97 Å². The molecule has 0 saturated heterocycles. The quantitative estimate of drug-likeness (QED) is 0.559. The van der Waals surface area contributed by atoms with Gasteiger partial charge in [0, 0.05) is 23.3 Å². The molecule has 1 aromatic carbocycles. The van der Waals surface area contributed by atoms with E-state index >= 15 is 0 Å². The molecule has 1 N–H and O–H groups in total. The van der Waals surface area contributed by atoms with E-state index in [0.717, 1.165) is 10.2 Å². The Hall–Kier alpha value is -3.26. The van der Waals surface area contributed by atoms with Crippen molar-refractivity contribution in [1.29, 1.82) is 0 Å². The molecule has 0 aliphatic rings. The lowest BCUT2D eigenvalue weighted by molar-refractivity contribution is -0.119. The van der Waals surface area contributed by atoms with E-state index in [1.54, 1.807) is 37.6 Å². The maximum atomic E-state index is 13.1. The largest absolute Gasteiger partial charge is 0.497 e. The third kappa shape index (κ3) is 3.11. The maximum absolute atomic E-state index is 13.1. The van der Waals surface area contributed by atoms with Gasteiger partial charge in [-0.2, -0.15) is 0 Å². The first kappa shape index (κ1) is 18.1. The van der Waals surface area contributed by atoms with Crippen molar-refractivity contribution in [3.05, 3.63) is 59.3 Å². The van der Waals surface area contributed by atoms with Crippen molar-refractivity contribution in [3.63, 3.8) is 0 Å². The predicted molar refractivity (Wildman–Crippen MR) is 110 cm³/mol. The Morgan fingerprint density at radius 1 is 1.29 bits per heavy atom. The Kier molecular flexibility index (Phi) is 4.79. The molecule has 4 rings (SSSR count). The summed E-state index contributed by atoms with van der Waals surface area (Å²) < 4.78 is 7.08. The highest BCUT2D eigenvalue weighted by Crippen LogP contribution is 2.28. The van der Waals surface area contributed by atoms with Gasteiger partial charge in [0.15, 0.2) is 0 Å². The van der Waals surface area contributed by atoms with Gasteiger partial charge in [0.1, 0.15) is 21.3 Å². The molecule has 0 aliphatic heterocycles. The van der Waals surface area contributed by atoms with Crippen LogP contribution in [0.1, 0.15) is 19.4 Å². The number of ether oxygens (including phenoxy) is 1. The number of rotatable bonds is 5. The summed E-state index contributed by atoms with van der Waals surface area (Å²) in [5, 5.41) is 3.70. The maximum Gasteiger partial charge on any atom is 0.272 e. The van der Waals surface area contributed by atoms with Crippen LogP contribution in [0, 0.1) is 0 Å². The van der Waals surface area contributed by atoms with Gasteiger partial charge < -0.3 is 10.1 Å². The second-order valence-electron chi connectivity index (χ2n) is 6.24. The zero-order valence-electron chi connectivity index (χ0n) is 15.4. The molecule has 0 aliphatic carbocycles. The van der Waals surface area contributed by atoms with E-state index in [9.17, 15) is 9.59 Å². The predicted octanol–water partition coefficient (Wildman–Crippen LogP) is 3.60. The number of aromatic nitrogens is 3. The van der Waals surface area contributed by atoms with Crippen molar-refractivity contribution in [3.8, 4) is 5.75 Å². The van der Waals surface area contributed by atoms with E-state index in [1.807, 2.05) is 19.1 Å². The highest BCUT2D eigenvalue weighted by Gasteiger charge is 2.22.